The van der Waals surface area contributed by atoms with E-state index in [4.69, 9.17) is 29.4 Å². The summed E-state index contributed by atoms with van der Waals surface area (Å²) in [5, 5.41) is 53.1. The maximum Gasteiger partial charge on any atom is 0.312 e. The van der Waals surface area contributed by atoms with Crippen LogP contribution in [0.1, 0.15) is 460 Å². The van der Waals surface area contributed by atoms with Gasteiger partial charge in [-0.1, -0.05) is 412 Å². The van der Waals surface area contributed by atoms with Crippen LogP contribution < -0.4 is 31.2 Å². The molecule has 2 aromatic rings. The number of rotatable bonds is 27. The number of allylic oxidation sites excluding steroid dienone is 2. The number of amides is 3. The number of aliphatic hydroxyl groups excluding tert-OH is 2. The molecule has 3 aliphatic heterocycles. The number of aliphatic hydroxyl groups is 2. The Hall–Kier alpha value is -5.35. The van der Waals surface area contributed by atoms with Crippen molar-refractivity contribution in [3.8, 4) is 23.0 Å². The van der Waals surface area contributed by atoms with Gasteiger partial charge in [-0.05, 0) is 123 Å². The minimum atomic E-state index is -2.07. The Bertz CT molecular complexity index is 3600. The number of fused-ring (bicyclic) bond motifs is 14. The van der Waals surface area contributed by atoms with Crippen molar-refractivity contribution in [1.82, 2.24) is 10.6 Å². The molecule has 6 fully saturated rings. The van der Waals surface area contributed by atoms with Crippen LogP contribution in [0.2, 0.25) is 0 Å². The van der Waals surface area contributed by atoms with Gasteiger partial charge in [0, 0.05) is 80.2 Å². The first-order valence-electron chi connectivity index (χ1n) is 53.3. The van der Waals surface area contributed by atoms with Crippen molar-refractivity contribution >= 4 is 80.3 Å². The molecule has 3 amide bonds. The molecule has 19 nitrogen and oxygen atoms in total. The molecule has 0 spiro atoms. The summed E-state index contributed by atoms with van der Waals surface area (Å²) >= 11 is 7.12. The number of unbranched alkanes of at least 4 members (excludes halogenated alkanes) is 2. The van der Waals surface area contributed by atoms with Crippen LogP contribution in [0.3, 0.4) is 0 Å². The third kappa shape index (κ3) is 51.0. The Morgan fingerprint density at radius 3 is 1.60 bits per heavy atom. The van der Waals surface area contributed by atoms with Crippen LogP contribution in [0.5, 0.6) is 23.0 Å². The number of nitrogens with zero attached hydrogens (tertiary/aromatic N) is 1. The van der Waals surface area contributed by atoms with Gasteiger partial charge in [0.1, 0.15) is 23.4 Å². The smallest absolute Gasteiger partial charge is 0.312 e. The van der Waals surface area contributed by atoms with E-state index in [0.29, 0.717) is 0 Å². The predicted octanol–water partition coefficient (Wildman–Crippen LogP) is 30.8. The molecule has 0 aromatic heterocycles. The van der Waals surface area contributed by atoms with E-state index in [2.05, 4.69) is 146 Å². The number of phenolic OH excluding ortho intramolecular Hbond substituents is 2. The molecule has 2 aromatic carbocycles. The minimum Gasteiger partial charge on any atom is -0.507 e. The van der Waals surface area contributed by atoms with Gasteiger partial charge in [-0.15, -0.1) is 0 Å². The summed E-state index contributed by atoms with van der Waals surface area (Å²) < 4.78 is 29.4. The average molecular weight is 2000 g/mol. The summed E-state index contributed by atoms with van der Waals surface area (Å²) in [4.78, 5) is 68.9. The van der Waals surface area contributed by atoms with Gasteiger partial charge in [-0.2, -0.15) is 12.6 Å². The number of anilines is 1. The molecule has 3 heterocycles. The lowest BCUT2D eigenvalue weighted by molar-refractivity contribution is -0.160. The number of Topliss-reactive ketones (excluding diaryl/α,β-unsaturated/α-hetero) is 1. The number of methoxy groups -OCH3 is 1. The summed E-state index contributed by atoms with van der Waals surface area (Å²) in [5.74, 6) is 1.38. The molecule has 0 saturated heterocycles. The first-order chi connectivity index (χ1) is 63.3. The minimum absolute atomic E-state index is 0. The second-order valence-electron chi connectivity index (χ2n) is 42.0. The summed E-state index contributed by atoms with van der Waals surface area (Å²) in [5.41, 5.74) is 6.18. The number of hydrogen-bond acceptors (Lipinski definition) is 16. The van der Waals surface area contributed by atoms with E-state index in [1.165, 1.54) is 265 Å². The van der Waals surface area contributed by atoms with E-state index in [1.54, 1.807) is 91.2 Å². The molecule has 9 atom stereocenters. The number of hydrogen-bond donors (Lipinski definition) is 9. The van der Waals surface area contributed by atoms with Crippen molar-refractivity contribution in [3.63, 3.8) is 0 Å². The van der Waals surface area contributed by atoms with Crippen molar-refractivity contribution in [2.24, 2.45) is 93.1 Å². The molecule has 792 valence electrons. The number of benzene rings is 2. The number of aliphatic imine (C=N–C) groups is 1. The van der Waals surface area contributed by atoms with Crippen molar-refractivity contribution in [2.45, 2.75) is 481 Å². The molecule has 136 heavy (non-hydrogen) atoms. The number of nitrogens with one attached hydrogen (secondary N) is 3. The second kappa shape index (κ2) is 75.4. The average Bonchev–Trinajstić information content (AvgIpc) is 1.53. The number of alkyl halides is 1. The fourth-order valence-electron chi connectivity index (χ4n) is 19.6. The van der Waals surface area contributed by atoms with Crippen molar-refractivity contribution in [2.75, 3.05) is 43.3 Å². The Balaban J connectivity index is 0. The molecule has 9 N–H and O–H groups in total. The fraction of sp³-hybridized carbons (Fsp3) is 0.809. The molecular formula is C115H210BrN5O14S. The highest BCUT2D eigenvalue weighted by molar-refractivity contribution is 9.09. The van der Waals surface area contributed by atoms with E-state index in [0.717, 1.165) is 96.1 Å². The molecule has 21 heteroatoms. The molecule has 5 bridgehead atoms. The van der Waals surface area contributed by atoms with Gasteiger partial charge >= 0.3 is 11.8 Å². The van der Waals surface area contributed by atoms with Crippen LogP contribution in [-0.4, -0.2) is 124 Å². The molecular weight excluding hydrogens is 1790 g/mol. The van der Waals surface area contributed by atoms with Crippen molar-refractivity contribution in [1.29, 1.82) is 0 Å². The maximum atomic E-state index is 14.4. The quantitative estimate of drug-likeness (QED) is 0.00587. The van der Waals surface area contributed by atoms with E-state index in [9.17, 15) is 44.4 Å². The number of halogens is 1. The van der Waals surface area contributed by atoms with E-state index in [-0.39, 0.29) is 84.8 Å². The first kappa shape index (κ1) is 133. The SMILES string of the molecule is C.C.C.C1CCCC1.C1CCCCC1.CC(C)C.CC1CCC(CCC2CCCCC2)CC1.CCC(C)C.CCC(CC)C1(CCC2CCC(C)CC2)CCCCC1.CCCC(C)C.CCCCCN=C(N)CCCS.CO[C@H]1/C=C/O[C@@]2(C)Oc3c(C)c(O)c4c(O)c(cc(OCC(=O)NCNC(=O)CBr)c4c3C2=O)NC(=O)/C(C)=C\C=C\[C@H](C)[C@H](O)[C@@H](C)[C@@H](O)[C@@H](C)[C@H](OC(C)=O)[C@@H]1C. The van der Waals surface area contributed by atoms with Crippen LogP contribution in [0, 0.1) is 89.3 Å². The van der Waals surface area contributed by atoms with Crippen LogP contribution in [-0.2, 0) is 33.4 Å². The zero-order chi connectivity index (χ0) is 99.6. The van der Waals surface area contributed by atoms with Crippen LogP contribution in [0.15, 0.2) is 47.2 Å². The highest BCUT2D eigenvalue weighted by Crippen LogP contribution is 2.55. The first-order valence-corrected chi connectivity index (χ1v) is 55.0. The maximum absolute atomic E-state index is 14.4. The standard InChI is InChI=1S/C42H54BrN3O14.C20H38.C15H28.C9H20N2S.C6H12.C6H14.C5H10.C5H12.C4H10.3CH4/c1-19-11-10-12-20(2)41(55)46-26-15-28(57-17-30(49)45-18-44-29(48)16-43)31-32(37(26)53)36(52)24(6)39-33(31)40(54)42(8,60-39)58-14-13-27(56-9)21(3)38(59-25(7)47)23(5)35(51)22(4)34(19)50;1-4-19(5-2)20(14-7-6-8-15-20)16-13-18-11-9-17(3)10-12-18;1-13-7-9-15(10-8-13)12-11-14-5-3-2-4-6-14;1-2-3-4-7-11-9(10)6-5-8-12;1-2-4-6-5-3-1;1-4-5-6(2)3;1-2-4-5-3-1;1-4-5(2)3;1-4(2)3;;;/h10-15,19,21-23,27,34-35,38,50-53H,16-18H2,1-9H3,(H,44,48)(H,45,49)(H,46,55);17-19H,4-16H2,1-3H3;13-15H,2-12H2,1H3;12H,2-8H2,1H3,(H2,10,11);1-6H2;6H,4-5H2,1-3H3;1-5H2;5H,4H2,1-3H3;4H,1-3H3;3*1H4/b11-10+,14-13+,20-12-;;;;;;;;;;;/t19-,21+,22+,23+,27-,34-,35+,38+,42-;;;;;;;;;;;/m0.........../s1. The number of carbonyl (C=O) groups excluding carboxylic acids is 5. The molecule has 6 saturated carbocycles. The fourth-order valence-corrected chi connectivity index (χ4v) is 20.0. The molecule has 0 unspecified atom stereocenters. The van der Waals surface area contributed by atoms with Gasteiger partial charge in [0.05, 0.1) is 59.0 Å². The van der Waals surface area contributed by atoms with Gasteiger partial charge in [0.15, 0.2) is 12.4 Å². The molecule has 9 aliphatic rings. The lowest BCUT2D eigenvalue weighted by atomic mass is 9.61. The summed E-state index contributed by atoms with van der Waals surface area (Å²) in [6.45, 7) is 44.2. The largest absolute Gasteiger partial charge is 0.507 e. The van der Waals surface area contributed by atoms with Crippen LogP contribution in [0.4, 0.5) is 5.69 Å². The highest BCUT2D eigenvalue weighted by Gasteiger charge is 2.50. The topological polar surface area (TPSA) is 287 Å². The monoisotopic (exact) mass is 2000 g/mol. The zero-order valence-electron chi connectivity index (χ0n) is 88.4. The Labute approximate surface area is 847 Å². The van der Waals surface area contributed by atoms with Crippen molar-refractivity contribution < 1.29 is 68.1 Å². The normalized spacial score (nSPS) is 25.3. The zero-order valence-corrected chi connectivity index (χ0v) is 90.9. The van der Waals surface area contributed by atoms with Gasteiger partial charge in [0.2, 0.25) is 5.91 Å². The molecule has 0 radical (unpaired) electrons. The number of amidine groups is 1. The third-order valence-electron chi connectivity index (χ3n) is 28.7. The number of ether oxygens (including phenoxy) is 5. The number of esters is 1. The Morgan fingerprint density at radius 2 is 1.14 bits per heavy atom. The summed E-state index contributed by atoms with van der Waals surface area (Å²) in [7, 11) is 1.42. The summed E-state index contributed by atoms with van der Waals surface area (Å²) in [6, 6.07) is 1.19. The lowest BCUT2D eigenvalue weighted by Gasteiger charge is -2.45. The Morgan fingerprint density at radius 1 is 0.640 bits per heavy atom. The number of nitrogens with two attached hydrogens (primary N) is 1. The van der Waals surface area contributed by atoms with Gasteiger partial charge in [0.25, 0.3) is 17.6 Å². The third-order valence-corrected chi connectivity index (χ3v) is 29.5. The second-order valence-corrected chi connectivity index (χ2v) is 43.0. The van der Waals surface area contributed by atoms with Crippen LogP contribution in [0.25, 0.3) is 10.8 Å². The number of thiol groups is 1. The predicted molar refractivity (Wildman–Crippen MR) is 585 cm³/mol. The number of aromatic hydroxyl groups is 2. The van der Waals surface area contributed by atoms with E-state index >= 15 is 0 Å². The van der Waals surface area contributed by atoms with Crippen LogP contribution >= 0.6 is 28.6 Å². The Kier molecular flexibility index (Phi) is 73.6. The number of carbonyl (C=O) groups is 5. The van der Waals surface area contributed by atoms with E-state index in [1.807, 2.05) is 0 Å². The lowest BCUT2D eigenvalue weighted by Crippen LogP contribution is -2.46. The van der Waals surface area contributed by atoms with Gasteiger partial charge in [-0.25, -0.2) is 0 Å². The highest BCUT2D eigenvalue weighted by atomic mass is 79.9. The van der Waals surface area contributed by atoms with Crippen molar-refractivity contribution in [3.05, 3.63) is 53.3 Å². The van der Waals surface area contributed by atoms with Gasteiger partial charge in [-0.3, -0.25) is 29.0 Å². The van der Waals surface area contributed by atoms with E-state index < -0.39 is 95.5 Å². The number of phenols is 2. The summed E-state index contributed by atoms with van der Waals surface area (Å²) in [6.07, 6.45) is 65.9. The molecule has 11 rings (SSSR count). The number of ketones is 1. The molecule has 6 aliphatic carbocycles. The van der Waals surface area contributed by atoms with Gasteiger partial charge < -0.3 is 65.8 Å².